The van der Waals surface area contributed by atoms with Crippen molar-refractivity contribution >= 4 is 17.6 Å². The molecule has 5 nitrogen and oxygen atoms in total. The van der Waals surface area contributed by atoms with Crippen LogP contribution in [0.15, 0.2) is 0 Å². The number of nitrogens with zero attached hydrogens (tertiary/aromatic N) is 3. The van der Waals surface area contributed by atoms with E-state index in [9.17, 15) is 4.79 Å². The number of hydrogen-bond acceptors (Lipinski definition) is 3. The average Bonchev–Trinajstić information content (AvgIpc) is 2.13. The van der Waals surface area contributed by atoms with Crippen LogP contribution in [-0.2, 0) is 7.05 Å². The molecule has 0 spiro atoms. The predicted octanol–water partition coefficient (Wildman–Crippen LogP) is 0.167. The number of carbonyl (C=O) groups is 1. The summed E-state index contributed by atoms with van der Waals surface area (Å²) in [6.45, 7) is 0. The highest BCUT2D eigenvalue weighted by Gasteiger charge is 2.10. The highest BCUT2D eigenvalue weighted by atomic mass is 35.5. The predicted molar refractivity (Wildman–Crippen MR) is 33.0 cm³/mol. The molecule has 0 radical (unpaired) electrons. The van der Waals surface area contributed by atoms with Crippen LogP contribution in [0.3, 0.4) is 0 Å². The standard InChI is InChI=1S/C4H4ClN3O2/c1-8-4(5)6-2(7-8)3(9)10/h1H3,(H,9,10). The number of aryl methyl sites for hydroxylation is 1. The summed E-state index contributed by atoms with van der Waals surface area (Å²) in [6, 6.07) is 0. The molecule has 0 saturated heterocycles. The molecule has 0 aliphatic rings. The van der Waals surface area contributed by atoms with Crippen LogP contribution in [0.25, 0.3) is 0 Å². The Kier molecular flexibility index (Phi) is 1.58. The number of aromatic nitrogens is 3. The molecule has 0 aromatic carbocycles. The highest BCUT2D eigenvalue weighted by molar-refractivity contribution is 6.28. The fourth-order valence-corrected chi connectivity index (χ4v) is 0.574. The quantitative estimate of drug-likeness (QED) is 0.638. The van der Waals surface area contributed by atoms with Crippen LogP contribution >= 0.6 is 11.6 Å². The van der Waals surface area contributed by atoms with Crippen molar-refractivity contribution in [2.24, 2.45) is 7.05 Å². The monoisotopic (exact) mass is 161 g/mol. The van der Waals surface area contributed by atoms with Gasteiger partial charge in [-0.15, -0.1) is 5.10 Å². The Morgan fingerprint density at radius 2 is 2.40 bits per heavy atom. The lowest BCUT2D eigenvalue weighted by molar-refractivity contribution is 0.0683. The normalized spacial score (nSPS) is 9.80. The van der Waals surface area contributed by atoms with E-state index < -0.39 is 5.97 Å². The van der Waals surface area contributed by atoms with Crippen molar-refractivity contribution in [1.82, 2.24) is 14.8 Å². The first-order valence-electron chi connectivity index (χ1n) is 2.41. The van der Waals surface area contributed by atoms with Crippen LogP contribution in [0, 0.1) is 0 Å². The Balaban J connectivity index is 3.10. The minimum Gasteiger partial charge on any atom is -0.475 e. The first-order chi connectivity index (χ1) is 4.61. The number of hydrogen-bond donors (Lipinski definition) is 1. The third-order valence-corrected chi connectivity index (χ3v) is 1.23. The number of rotatable bonds is 1. The Labute approximate surface area is 61.2 Å². The van der Waals surface area contributed by atoms with Gasteiger partial charge < -0.3 is 5.11 Å². The smallest absolute Gasteiger partial charge is 0.375 e. The number of carboxylic acids is 1. The summed E-state index contributed by atoms with van der Waals surface area (Å²) in [5.74, 6) is -1.46. The van der Waals surface area contributed by atoms with Crippen LogP contribution in [0.5, 0.6) is 0 Å². The zero-order valence-electron chi connectivity index (χ0n) is 5.08. The fraction of sp³-hybridized carbons (Fsp3) is 0.250. The minimum atomic E-state index is -1.18. The van der Waals surface area contributed by atoms with Crippen LogP contribution < -0.4 is 0 Å². The first kappa shape index (κ1) is 7.01. The van der Waals surface area contributed by atoms with Crippen molar-refractivity contribution in [2.45, 2.75) is 0 Å². The number of carboxylic acid groups (broad SMARTS) is 1. The topological polar surface area (TPSA) is 68.0 Å². The summed E-state index contributed by atoms with van der Waals surface area (Å²) in [6.07, 6.45) is 0. The van der Waals surface area contributed by atoms with E-state index in [4.69, 9.17) is 16.7 Å². The zero-order chi connectivity index (χ0) is 7.72. The summed E-state index contributed by atoms with van der Waals surface area (Å²) in [5.41, 5.74) is 0. The molecule has 1 heterocycles. The summed E-state index contributed by atoms with van der Waals surface area (Å²) in [7, 11) is 1.52. The van der Waals surface area contributed by atoms with Crippen LogP contribution in [-0.4, -0.2) is 25.8 Å². The maximum absolute atomic E-state index is 10.2. The van der Waals surface area contributed by atoms with Gasteiger partial charge in [0, 0.05) is 7.05 Å². The third kappa shape index (κ3) is 1.08. The molecule has 1 N–H and O–H groups in total. The lowest BCUT2D eigenvalue weighted by Crippen LogP contribution is -2.00. The van der Waals surface area contributed by atoms with Gasteiger partial charge in [0.1, 0.15) is 0 Å². The molecule has 10 heavy (non-hydrogen) atoms. The number of halogens is 1. The van der Waals surface area contributed by atoms with E-state index in [-0.39, 0.29) is 11.1 Å². The van der Waals surface area contributed by atoms with Crippen molar-refractivity contribution in [3.05, 3.63) is 11.1 Å². The summed E-state index contributed by atoms with van der Waals surface area (Å²) < 4.78 is 1.19. The van der Waals surface area contributed by atoms with Crippen molar-refractivity contribution in [1.29, 1.82) is 0 Å². The second-order valence-electron chi connectivity index (χ2n) is 1.63. The molecule has 6 heteroatoms. The Morgan fingerprint density at radius 3 is 2.60 bits per heavy atom. The Hall–Kier alpha value is -1.10. The zero-order valence-corrected chi connectivity index (χ0v) is 5.83. The molecule has 0 bridgehead atoms. The second-order valence-corrected chi connectivity index (χ2v) is 1.97. The minimum absolute atomic E-state index is 0.0670. The van der Waals surface area contributed by atoms with Crippen molar-refractivity contribution in [2.75, 3.05) is 0 Å². The van der Waals surface area contributed by atoms with Crippen molar-refractivity contribution in [3.8, 4) is 0 Å². The highest BCUT2D eigenvalue weighted by Crippen LogP contribution is 2.01. The molecular weight excluding hydrogens is 158 g/mol. The summed E-state index contributed by atoms with van der Waals surface area (Å²) >= 11 is 5.40. The maximum atomic E-state index is 10.2. The van der Waals surface area contributed by atoms with E-state index in [0.717, 1.165) is 0 Å². The lowest BCUT2D eigenvalue weighted by Gasteiger charge is -1.82. The van der Waals surface area contributed by atoms with E-state index in [1.54, 1.807) is 0 Å². The molecule has 0 aliphatic heterocycles. The van der Waals surface area contributed by atoms with Gasteiger partial charge in [-0.05, 0) is 11.6 Å². The fourth-order valence-electron chi connectivity index (χ4n) is 0.456. The first-order valence-corrected chi connectivity index (χ1v) is 2.79. The van der Waals surface area contributed by atoms with Gasteiger partial charge in [-0.2, -0.15) is 4.98 Å². The molecule has 54 valence electrons. The number of aromatic carboxylic acids is 1. The molecule has 1 rings (SSSR count). The Bertz CT molecular complexity index is 250. The average molecular weight is 162 g/mol. The van der Waals surface area contributed by atoms with E-state index in [2.05, 4.69) is 10.1 Å². The van der Waals surface area contributed by atoms with Gasteiger partial charge in [0.05, 0.1) is 0 Å². The van der Waals surface area contributed by atoms with E-state index in [0.29, 0.717) is 0 Å². The van der Waals surface area contributed by atoms with Gasteiger partial charge in [0.2, 0.25) is 5.28 Å². The van der Waals surface area contributed by atoms with Gasteiger partial charge in [-0.3, -0.25) is 0 Å². The summed E-state index contributed by atoms with van der Waals surface area (Å²) in [4.78, 5) is 13.6. The second kappa shape index (κ2) is 2.26. The van der Waals surface area contributed by atoms with Crippen molar-refractivity contribution < 1.29 is 9.90 Å². The van der Waals surface area contributed by atoms with Crippen LogP contribution in [0.1, 0.15) is 10.6 Å². The largest absolute Gasteiger partial charge is 0.475 e. The van der Waals surface area contributed by atoms with Gasteiger partial charge in [-0.25, -0.2) is 9.48 Å². The van der Waals surface area contributed by atoms with E-state index >= 15 is 0 Å². The SMILES string of the molecule is Cn1nc(C(=O)O)nc1Cl. The van der Waals surface area contributed by atoms with Crippen LogP contribution in [0.2, 0.25) is 5.28 Å². The summed E-state index contributed by atoms with van der Waals surface area (Å²) in [5, 5.41) is 11.9. The van der Waals surface area contributed by atoms with Gasteiger partial charge >= 0.3 is 5.97 Å². The van der Waals surface area contributed by atoms with Gasteiger partial charge in [0.15, 0.2) is 0 Å². The van der Waals surface area contributed by atoms with Gasteiger partial charge in [-0.1, -0.05) is 0 Å². The molecule has 0 aliphatic carbocycles. The third-order valence-electron chi connectivity index (χ3n) is 0.901. The lowest BCUT2D eigenvalue weighted by atomic mass is 10.7. The van der Waals surface area contributed by atoms with E-state index in [1.165, 1.54) is 11.7 Å². The molecular formula is C4H4ClN3O2. The molecule has 0 amide bonds. The molecule has 0 unspecified atom stereocenters. The molecule has 0 atom stereocenters. The maximum Gasteiger partial charge on any atom is 0.375 e. The molecule has 0 saturated carbocycles. The van der Waals surface area contributed by atoms with Crippen molar-refractivity contribution in [3.63, 3.8) is 0 Å². The molecule has 1 aromatic heterocycles. The molecule has 0 fully saturated rings. The molecule has 1 aromatic rings. The van der Waals surface area contributed by atoms with E-state index in [1.807, 2.05) is 0 Å². The Morgan fingerprint density at radius 1 is 1.80 bits per heavy atom. The van der Waals surface area contributed by atoms with Crippen LogP contribution in [0.4, 0.5) is 0 Å². The van der Waals surface area contributed by atoms with Gasteiger partial charge in [0.25, 0.3) is 5.82 Å².